The topological polar surface area (TPSA) is 105 Å². The third kappa shape index (κ3) is 4.23. The standard InChI is InChI=1S/C16H12FN3O3S.Na.H/c17-10-4-3-5-11(8-10)19-20-14-9-15(24(21,22)23)12-6-1-2-7-13(12)16(14)18;;/h1-9H,18H2,(H,21,22,23);;. The van der Waals surface area contributed by atoms with Crippen molar-refractivity contribution in [2.24, 2.45) is 10.2 Å². The first kappa shape index (κ1) is 19.5. The number of halogens is 1. The molecule has 25 heavy (non-hydrogen) atoms. The average Bonchev–Trinajstić information content (AvgIpc) is 2.53. The quantitative estimate of drug-likeness (QED) is 0.319. The first-order valence-electron chi connectivity index (χ1n) is 6.82. The van der Waals surface area contributed by atoms with Gasteiger partial charge in [0.15, 0.2) is 0 Å². The van der Waals surface area contributed by atoms with Crippen molar-refractivity contribution in [2.75, 3.05) is 5.73 Å². The van der Waals surface area contributed by atoms with E-state index in [4.69, 9.17) is 5.73 Å². The summed E-state index contributed by atoms with van der Waals surface area (Å²) in [5, 5.41) is 8.45. The van der Waals surface area contributed by atoms with E-state index in [1.54, 1.807) is 18.2 Å². The Bertz CT molecular complexity index is 1070. The molecule has 3 aromatic carbocycles. The molecule has 0 saturated heterocycles. The fourth-order valence-corrected chi connectivity index (χ4v) is 3.01. The Balaban J connectivity index is 0.00000225. The fraction of sp³-hybridized carbons (Fsp3) is 0. The molecule has 0 amide bonds. The molecule has 0 saturated carbocycles. The first-order valence-corrected chi connectivity index (χ1v) is 8.26. The van der Waals surface area contributed by atoms with Crippen molar-refractivity contribution < 1.29 is 17.4 Å². The summed E-state index contributed by atoms with van der Waals surface area (Å²) in [6.45, 7) is 0. The number of benzene rings is 3. The van der Waals surface area contributed by atoms with Gasteiger partial charge in [-0.2, -0.15) is 13.5 Å². The number of nitrogens with zero attached hydrogens (tertiary/aromatic N) is 2. The molecule has 124 valence electrons. The predicted molar refractivity (Wildman–Crippen MR) is 95.9 cm³/mol. The van der Waals surface area contributed by atoms with Crippen LogP contribution in [-0.2, 0) is 10.1 Å². The second-order valence-corrected chi connectivity index (χ2v) is 6.40. The second kappa shape index (κ2) is 7.59. The van der Waals surface area contributed by atoms with Gasteiger partial charge in [-0.15, -0.1) is 5.11 Å². The normalized spacial score (nSPS) is 11.6. The van der Waals surface area contributed by atoms with E-state index in [2.05, 4.69) is 10.2 Å². The van der Waals surface area contributed by atoms with Crippen LogP contribution in [0.25, 0.3) is 10.8 Å². The molecular weight excluding hydrogens is 356 g/mol. The van der Waals surface area contributed by atoms with Gasteiger partial charge in [-0.25, -0.2) is 4.39 Å². The van der Waals surface area contributed by atoms with Crippen LogP contribution >= 0.6 is 0 Å². The number of nitrogens with two attached hydrogens (primary N) is 1. The second-order valence-electron chi connectivity index (χ2n) is 5.01. The Morgan fingerprint density at radius 2 is 1.64 bits per heavy atom. The summed E-state index contributed by atoms with van der Waals surface area (Å²) in [6.07, 6.45) is 0. The number of fused-ring (bicyclic) bond motifs is 1. The summed E-state index contributed by atoms with van der Waals surface area (Å²) in [6, 6.07) is 13.0. The van der Waals surface area contributed by atoms with Gasteiger partial charge in [0.1, 0.15) is 16.4 Å². The van der Waals surface area contributed by atoms with E-state index in [-0.39, 0.29) is 56.9 Å². The van der Waals surface area contributed by atoms with Gasteiger partial charge in [-0.05, 0) is 18.2 Å². The molecule has 0 unspecified atom stereocenters. The molecule has 6 nitrogen and oxygen atoms in total. The number of azo groups is 1. The zero-order chi connectivity index (χ0) is 17.3. The number of anilines is 1. The van der Waals surface area contributed by atoms with E-state index in [0.717, 1.165) is 6.07 Å². The van der Waals surface area contributed by atoms with Gasteiger partial charge in [-0.1, -0.05) is 30.3 Å². The molecule has 9 heteroatoms. The number of rotatable bonds is 3. The summed E-state index contributed by atoms with van der Waals surface area (Å²) in [5.41, 5.74) is 6.53. The minimum atomic E-state index is -4.48. The van der Waals surface area contributed by atoms with E-state index in [1.807, 2.05) is 0 Å². The first-order chi connectivity index (χ1) is 11.4. The van der Waals surface area contributed by atoms with E-state index < -0.39 is 15.9 Å². The van der Waals surface area contributed by atoms with E-state index in [1.165, 1.54) is 30.3 Å². The summed E-state index contributed by atoms with van der Waals surface area (Å²) in [5.74, 6) is -0.475. The number of hydrogen-bond donors (Lipinski definition) is 2. The summed E-state index contributed by atoms with van der Waals surface area (Å²) in [7, 11) is -4.48. The third-order valence-electron chi connectivity index (χ3n) is 3.39. The van der Waals surface area contributed by atoms with Crippen LogP contribution in [0.5, 0.6) is 0 Å². The Labute approximate surface area is 165 Å². The minimum absolute atomic E-state index is 0. The van der Waals surface area contributed by atoms with Gasteiger partial charge in [-0.3, -0.25) is 4.55 Å². The predicted octanol–water partition coefficient (Wildman–Crippen LogP) is 3.57. The monoisotopic (exact) mass is 369 g/mol. The van der Waals surface area contributed by atoms with Crippen molar-refractivity contribution >= 4 is 67.5 Å². The summed E-state index contributed by atoms with van der Waals surface area (Å²) in [4.78, 5) is -0.319. The third-order valence-corrected chi connectivity index (χ3v) is 4.28. The van der Waals surface area contributed by atoms with Crippen LogP contribution in [0.15, 0.2) is 69.7 Å². The van der Waals surface area contributed by atoms with Crippen LogP contribution in [0.1, 0.15) is 0 Å². The van der Waals surface area contributed by atoms with Crippen LogP contribution in [-0.4, -0.2) is 42.5 Å². The molecule has 3 N–H and O–H groups in total. The summed E-state index contributed by atoms with van der Waals surface area (Å²) < 4.78 is 45.8. The van der Waals surface area contributed by atoms with Gasteiger partial charge in [0.2, 0.25) is 0 Å². The van der Waals surface area contributed by atoms with Crippen LogP contribution in [0, 0.1) is 5.82 Å². The summed E-state index contributed by atoms with van der Waals surface area (Å²) >= 11 is 0. The molecule has 0 atom stereocenters. The van der Waals surface area contributed by atoms with Crippen molar-refractivity contribution in [3.05, 3.63) is 60.4 Å². The molecule has 0 aliphatic carbocycles. The molecule has 0 spiro atoms. The maximum absolute atomic E-state index is 13.2. The Morgan fingerprint density at radius 1 is 0.960 bits per heavy atom. The molecule has 3 rings (SSSR count). The van der Waals surface area contributed by atoms with Crippen LogP contribution in [0.3, 0.4) is 0 Å². The Morgan fingerprint density at radius 3 is 2.28 bits per heavy atom. The van der Waals surface area contributed by atoms with Crippen LogP contribution < -0.4 is 5.73 Å². The fourth-order valence-electron chi connectivity index (χ4n) is 2.30. The Hall–Kier alpha value is -1.84. The van der Waals surface area contributed by atoms with E-state index >= 15 is 0 Å². The van der Waals surface area contributed by atoms with Crippen molar-refractivity contribution in [3.8, 4) is 0 Å². The molecule has 0 aliphatic rings. The maximum atomic E-state index is 13.2. The van der Waals surface area contributed by atoms with Crippen LogP contribution in [0.2, 0.25) is 0 Å². The molecule has 0 radical (unpaired) electrons. The SMILES string of the molecule is Nc1c(N=Nc2cccc(F)c2)cc(S(=O)(=O)O)c2ccccc12.[NaH]. The zero-order valence-corrected chi connectivity index (χ0v) is 13.0. The van der Waals surface area contributed by atoms with E-state index in [9.17, 15) is 17.4 Å². The van der Waals surface area contributed by atoms with Crippen molar-refractivity contribution in [3.63, 3.8) is 0 Å². The van der Waals surface area contributed by atoms with Gasteiger partial charge in [0, 0.05) is 16.8 Å². The molecular formula is C16H13FN3NaO3S. The number of nitrogen functional groups attached to an aromatic ring is 1. The van der Waals surface area contributed by atoms with Crippen molar-refractivity contribution in [1.29, 1.82) is 0 Å². The van der Waals surface area contributed by atoms with Gasteiger partial charge < -0.3 is 5.73 Å². The molecule has 3 aromatic rings. The van der Waals surface area contributed by atoms with Gasteiger partial charge in [0.05, 0.1) is 11.4 Å². The molecule has 0 aliphatic heterocycles. The van der Waals surface area contributed by atoms with E-state index in [0.29, 0.717) is 5.39 Å². The van der Waals surface area contributed by atoms with Gasteiger partial charge in [0.25, 0.3) is 10.1 Å². The zero-order valence-electron chi connectivity index (χ0n) is 12.2. The molecule has 0 fully saturated rings. The molecule has 0 heterocycles. The van der Waals surface area contributed by atoms with Crippen molar-refractivity contribution in [1.82, 2.24) is 0 Å². The van der Waals surface area contributed by atoms with Crippen molar-refractivity contribution in [2.45, 2.75) is 4.90 Å². The number of hydrogen-bond acceptors (Lipinski definition) is 5. The van der Waals surface area contributed by atoms with Crippen LogP contribution in [0.4, 0.5) is 21.5 Å². The Kier molecular flexibility index (Phi) is 5.91. The molecule has 0 aromatic heterocycles. The average molecular weight is 369 g/mol. The van der Waals surface area contributed by atoms with Gasteiger partial charge >= 0.3 is 29.6 Å². The molecule has 0 bridgehead atoms.